The smallest absolute Gasteiger partial charge is 0.317 e. The van der Waals surface area contributed by atoms with E-state index in [1.54, 1.807) is 19.1 Å². The maximum atomic E-state index is 12.0. The number of carboxylic acid groups (broad SMARTS) is 1. The number of ether oxygens (including phenoxy) is 1. The van der Waals surface area contributed by atoms with E-state index < -0.39 is 5.97 Å². The summed E-state index contributed by atoms with van der Waals surface area (Å²) in [6.07, 6.45) is 4.95. The molecule has 2 amide bonds. The zero-order chi connectivity index (χ0) is 16.8. The number of urea groups is 1. The van der Waals surface area contributed by atoms with E-state index in [1.807, 2.05) is 0 Å². The molecule has 2 aliphatic carbocycles. The van der Waals surface area contributed by atoms with Crippen LogP contribution in [0.5, 0.6) is 0 Å². The van der Waals surface area contributed by atoms with Crippen LogP contribution in [0, 0.1) is 5.92 Å². The van der Waals surface area contributed by atoms with Crippen molar-refractivity contribution >= 4 is 12.0 Å². The number of carboxylic acids is 1. The lowest BCUT2D eigenvalue weighted by atomic mass is 9.85. The summed E-state index contributed by atoms with van der Waals surface area (Å²) in [6.45, 7) is 2.31. The molecule has 0 aromatic heterocycles. The first-order chi connectivity index (χ1) is 11.0. The molecule has 0 heterocycles. The Morgan fingerprint density at radius 2 is 2.00 bits per heavy atom. The molecule has 7 heteroatoms. The molecule has 0 aromatic rings. The zero-order valence-corrected chi connectivity index (χ0v) is 14.2. The van der Waals surface area contributed by atoms with E-state index in [0.29, 0.717) is 19.1 Å². The molecule has 2 N–H and O–H groups in total. The van der Waals surface area contributed by atoms with Gasteiger partial charge in [0, 0.05) is 45.9 Å². The van der Waals surface area contributed by atoms with E-state index in [0.717, 1.165) is 25.8 Å². The third kappa shape index (κ3) is 5.99. The number of carbonyl (C=O) groups excluding carboxylic acids is 1. The van der Waals surface area contributed by atoms with Crippen molar-refractivity contribution in [2.75, 3.05) is 40.4 Å². The molecule has 2 saturated carbocycles. The first kappa shape index (κ1) is 18.0. The number of nitrogens with one attached hydrogen (secondary N) is 1. The second-order valence-electron chi connectivity index (χ2n) is 6.81. The van der Waals surface area contributed by atoms with Gasteiger partial charge in [0.25, 0.3) is 0 Å². The van der Waals surface area contributed by atoms with Crippen LogP contribution in [0.25, 0.3) is 0 Å². The third-order valence-electron chi connectivity index (χ3n) is 4.67. The summed E-state index contributed by atoms with van der Waals surface area (Å²) in [6, 6.07) is 0.389. The number of nitrogens with zero attached hydrogens (tertiary/aromatic N) is 2. The normalized spacial score (nSPS) is 23.4. The fourth-order valence-corrected chi connectivity index (χ4v) is 2.98. The van der Waals surface area contributed by atoms with Crippen molar-refractivity contribution in [3.8, 4) is 0 Å². The van der Waals surface area contributed by atoms with Gasteiger partial charge >= 0.3 is 12.0 Å². The standard InChI is InChI=1S/C16H29N3O4/c1-18(6-3-7-23-2)16(22)17-13-8-14(9-13)19(11-15(20)21)10-12-4-5-12/h12-14H,3-11H2,1-2H3,(H,17,22)(H,20,21). The van der Waals surface area contributed by atoms with E-state index in [4.69, 9.17) is 9.84 Å². The average Bonchev–Trinajstić information content (AvgIpc) is 3.25. The predicted octanol–water partition coefficient (Wildman–Crippen LogP) is 0.992. The fraction of sp³-hybridized carbons (Fsp3) is 0.875. The van der Waals surface area contributed by atoms with Crippen molar-refractivity contribution in [1.82, 2.24) is 15.1 Å². The van der Waals surface area contributed by atoms with Crippen LogP contribution in [0.1, 0.15) is 32.1 Å². The monoisotopic (exact) mass is 327 g/mol. The molecule has 0 unspecified atom stereocenters. The summed E-state index contributed by atoms with van der Waals surface area (Å²) in [5, 5.41) is 12.1. The second-order valence-corrected chi connectivity index (χ2v) is 6.81. The number of hydrogen-bond donors (Lipinski definition) is 2. The van der Waals surface area contributed by atoms with Crippen LogP contribution in [0.15, 0.2) is 0 Å². The Morgan fingerprint density at radius 3 is 2.57 bits per heavy atom. The van der Waals surface area contributed by atoms with Crippen LogP contribution in [-0.2, 0) is 9.53 Å². The van der Waals surface area contributed by atoms with E-state index in [-0.39, 0.29) is 24.7 Å². The lowest BCUT2D eigenvalue weighted by Crippen LogP contribution is -2.56. The lowest BCUT2D eigenvalue weighted by molar-refractivity contribution is -0.139. The quantitative estimate of drug-likeness (QED) is 0.585. The van der Waals surface area contributed by atoms with Crippen LogP contribution >= 0.6 is 0 Å². The minimum absolute atomic E-state index is 0.0588. The van der Waals surface area contributed by atoms with Crippen LogP contribution in [0.4, 0.5) is 4.79 Å². The summed E-state index contributed by atoms with van der Waals surface area (Å²) in [5.41, 5.74) is 0. The number of rotatable bonds is 10. The Balaban J connectivity index is 1.67. The number of amides is 2. The molecule has 0 saturated heterocycles. The van der Waals surface area contributed by atoms with Gasteiger partial charge in [0.05, 0.1) is 6.54 Å². The molecule has 0 spiro atoms. The molecule has 0 aromatic carbocycles. The third-order valence-corrected chi connectivity index (χ3v) is 4.67. The summed E-state index contributed by atoms with van der Waals surface area (Å²) in [7, 11) is 3.43. The highest BCUT2D eigenvalue weighted by molar-refractivity contribution is 5.74. The predicted molar refractivity (Wildman–Crippen MR) is 86.4 cm³/mol. The Labute approximate surface area is 138 Å². The average molecular weight is 327 g/mol. The molecule has 7 nitrogen and oxygen atoms in total. The van der Waals surface area contributed by atoms with Crippen molar-refractivity contribution in [2.45, 2.75) is 44.2 Å². The number of hydrogen-bond acceptors (Lipinski definition) is 4. The molecule has 2 aliphatic rings. The van der Waals surface area contributed by atoms with Gasteiger partial charge in [0.2, 0.25) is 0 Å². The van der Waals surface area contributed by atoms with E-state index >= 15 is 0 Å². The largest absolute Gasteiger partial charge is 0.480 e. The Kier molecular flexibility index (Phi) is 6.65. The number of aliphatic carboxylic acids is 1. The van der Waals surface area contributed by atoms with E-state index in [9.17, 15) is 9.59 Å². The molecule has 0 radical (unpaired) electrons. The van der Waals surface area contributed by atoms with Gasteiger partial charge in [-0.3, -0.25) is 9.69 Å². The molecule has 132 valence electrons. The minimum Gasteiger partial charge on any atom is -0.480 e. The van der Waals surface area contributed by atoms with Crippen molar-refractivity contribution in [3.05, 3.63) is 0 Å². The van der Waals surface area contributed by atoms with Gasteiger partial charge in [0.15, 0.2) is 0 Å². The molecule has 2 rings (SSSR count). The first-order valence-corrected chi connectivity index (χ1v) is 8.46. The van der Waals surface area contributed by atoms with Crippen molar-refractivity contribution in [2.24, 2.45) is 5.92 Å². The number of methoxy groups -OCH3 is 1. The van der Waals surface area contributed by atoms with Gasteiger partial charge in [0.1, 0.15) is 0 Å². The Bertz CT molecular complexity index is 408. The van der Waals surface area contributed by atoms with Crippen molar-refractivity contribution in [3.63, 3.8) is 0 Å². The van der Waals surface area contributed by atoms with Crippen molar-refractivity contribution < 1.29 is 19.4 Å². The molecular weight excluding hydrogens is 298 g/mol. The van der Waals surface area contributed by atoms with E-state index in [1.165, 1.54) is 12.8 Å². The van der Waals surface area contributed by atoms with Crippen LogP contribution < -0.4 is 5.32 Å². The van der Waals surface area contributed by atoms with Gasteiger partial charge in [-0.15, -0.1) is 0 Å². The maximum absolute atomic E-state index is 12.0. The van der Waals surface area contributed by atoms with Gasteiger partial charge in [-0.25, -0.2) is 4.79 Å². The molecule has 0 aliphatic heterocycles. The van der Waals surface area contributed by atoms with Gasteiger partial charge in [-0.1, -0.05) is 0 Å². The van der Waals surface area contributed by atoms with Crippen molar-refractivity contribution in [1.29, 1.82) is 0 Å². The Morgan fingerprint density at radius 1 is 1.30 bits per heavy atom. The summed E-state index contributed by atoms with van der Waals surface area (Å²) in [5.74, 6) is -0.0917. The van der Waals surface area contributed by atoms with Crippen LogP contribution in [-0.4, -0.2) is 79.4 Å². The minimum atomic E-state index is -0.768. The SMILES string of the molecule is COCCCN(C)C(=O)NC1CC(N(CC(=O)O)CC2CC2)C1. The molecule has 0 atom stereocenters. The highest BCUT2D eigenvalue weighted by atomic mass is 16.5. The molecule has 2 fully saturated rings. The lowest BCUT2D eigenvalue weighted by Gasteiger charge is -2.43. The summed E-state index contributed by atoms with van der Waals surface area (Å²) in [4.78, 5) is 26.8. The van der Waals surface area contributed by atoms with E-state index in [2.05, 4.69) is 10.2 Å². The van der Waals surface area contributed by atoms with Crippen LogP contribution in [0.2, 0.25) is 0 Å². The highest BCUT2D eigenvalue weighted by Crippen LogP contribution is 2.33. The second kappa shape index (κ2) is 8.49. The maximum Gasteiger partial charge on any atom is 0.317 e. The summed E-state index contributed by atoms with van der Waals surface area (Å²) >= 11 is 0. The van der Waals surface area contributed by atoms with Gasteiger partial charge < -0.3 is 20.1 Å². The molecule has 23 heavy (non-hydrogen) atoms. The van der Waals surface area contributed by atoms with Crippen LogP contribution in [0.3, 0.4) is 0 Å². The number of carbonyl (C=O) groups is 2. The first-order valence-electron chi connectivity index (χ1n) is 8.46. The zero-order valence-electron chi connectivity index (χ0n) is 14.2. The fourth-order valence-electron chi connectivity index (χ4n) is 2.98. The Hall–Kier alpha value is -1.34. The topological polar surface area (TPSA) is 82.1 Å². The van der Waals surface area contributed by atoms with Gasteiger partial charge in [-0.2, -0.15) is 0 Å². The highest BCUT2D eigenvalue weighted by Gasteiger charge is 2.37. The molecule has 0 bridgehead atoms. The molecular formula is C16H29N3O4. The van der Waals surface area contributed by atoms with Gasteiger partial charge in [-0.05, 0) is 38.0 Å². The summed E-state index contributed by atoms with van der Waals surface area (Å²) < 4.78 is 4.98.